The average Bonchev–Trinajstić information content (AvgIpc) is 2.81. The third kappa shape index (κ3) is 4.21. The molecule has 0 bridgehead atoms. The van der Waals surface area contributed by atoms with E-state index < -0.39 is 0 Å². The molecule has 2 aliphatic carbocycles. The van der Waals surface area contributed by atoms with E-state index in [-0.39, 0.29) is 11.3 Å². The first kappa shape index (κ1) is 21.9. The first-order valence-corrected chi connectivity index (χ1v) is 12.3. The van der Waals surface area contributed by atoms with Gasteiger partial charge in [0.2, 0.25) is 0 Å². The minimum absolute atomic E-state index is 0.0575. The van der Waals surface area contributed by atoms with Gasteiger partial charge in [0.15, 0.2) is 0 Å². The Morgan fingerprint density at radius 3 is 2.67 bits per heavy atom. The van der Waals surface area contributed by atoms with Crippen LogP contribution in [0.1, 0.15) is 72.3 Å². The van der Waals surface area contributed by atoms with Crippen LogP contribution in [0.25, 0.3) is 0 Å². The number of fused-ring (bicyclic) bond motifs is 3. The number of pyridine rings is 1. The molecule has 3 heteroatoms. The number of nitrogens with zero attached hydrogens (tertiary/aromatic N) is 1. The van der Waals surface area contributed by atoms with Crippen molar-refractivity contribution in [1.29, 1.82) is 0 Å². The summed E-state index contributed by atoms with van der Waals surface area (Å²) in [6.07, 6.45) is 8.84. The number of aryl methyl sites for hydroxylation is 2. The van der Waals surface area contributed by atoms with E-state index in [0.717, 1.165) is 29.8 Å². The van der Waals surface area contributed by atoms with Crippen LogP contribution in [0.4, 0.5) is 5.69 Å². The van der Waals surface area contributed by atoms with E-state index in [0.29, 0.717) is 11.3 Å². The van der Waals surface area contributed by atoms with E-state index in [1.54, 1.807) is 6.20 Å². The zero-order valence-corrected chi connectivity index (χ0v) is 20.0. The predicted octanol–water partition coefficient (Wildman–Crippen LogP) is 6.90. The molecular weight excluding hydrogens is 404 g/mol. The Labute approximate surface area is 197 Å². The van der Waals surface area contributed by atoms with E-state index in [9.17, 15) is 4.79 Å². The SMILES string of the molecule is Cc1ncccc1NC(=O)c1ccc2c(c1)CCC1CC(C)(C)CCC21Cc1ccccc1. The second-order valence-corrected chi connectivity index (χ2v) is 10.9. The summed E-state index contributed by atoms with van der Waals surface area (Å²) in [5.74, 6) is 0.629. The molecule has 0 radical (unpaired) electrons. The molecule has 0 saturated heterocycles. The number of hydrogen-bond donors (Lipinski definition) is 1. The van der Waals surface area contributed by atoms with Gasteiger partial charge < -0.3 is 5.32 Å². The van der Waals surface area contributed by atoms with Crippen LogP contribution in [0.3, 0.4) is 0 Å². The normalized spacial score (nSPS) is 23.3. The summed E-state index contributed by atoms with van der Waals surface area (Å²) in [5, 5.41) is 3.05. The summed E-state index contributed by atoms with van der Waals surface area (Å²) >= 11 is 0. The smallest absolute Gasteiger partial charge is 0.255 e. The molecular formula is C30H34N2O. The predicted molar refractivity (Wildman–Crippen MR) is 135 cm³/mol. The van der Waals surface area contributed by atoms with E-state index in [2.05, 4.69) is 66.6 Å². The van der Waals surface area contributed by atoms with Crippen molar-refractivity contribution in [2.24, 2.45) is 11.3 Å². The van der Waals surface area contributed by atoms with E-state index in [4.69, 9.17) is 0 Å². The number of benzene rings is 2. The lowest BCUT2D eigenvalue weighted by atomic mass is 9.51. The van der Waals surface area contributed by atoms with Crippen LogP contribution in [-0.2, 0) is 18.3 Å². The van der Waals surface area contributed by atoms with E-state index in [1.165, 1.54) is 42.4 Å². The van der Waals surface area contributed by atoms with Crippen molar-refractivity contribution in [3.8, 4) is 0 Å². The molecule has 3 nitrogen and oxygen atoms in total. The third-order valence-electron chi connectivity index (χ3n) is 8.11. The Hall–Kier alpha value is -2.94. The Morgan fingerprint density at radius 2 is 1.88 bits per heavy atom. The second kappa shape index (κ2) is 8.44. The maximum Gasteiger partial charge on any atom is 0.255 e. The van der Waals surface area contributed by atoms with Crippen molar-refractivity contribution in [3.63, 3.8) is 0 Å². The van der Waals surface area contributed by atoms with Crippen molar-refractivity contribution in [2.45, 2.75) is 64.7 Å². The van der Waals surface area contributed by atoms with Crippen LogP contribution in [0.2, 0.25) is 0 Å². The molecule has 5 rings (SSSR count). The van der Waals surface area contributed by atoms with Crippen molar-refractivity contribution < 1.29 is 4.79 Å². The number of carbonyl (C=O) groups is 1. The number of nitrogens with one attached hydrogen (secondary N) is 1. The first-order chi connectivity index (χ1) is 15.9. The van der Waals surface area contributed by atoms with Crippen LogP contribution in [0.15, 0.2) is 66.9 Å². The standard InChI is InChI=1S/C30H34N2O/c1-21-27(10-7-17-31-21)32-28(33)24-12-14-26-23(18-24)11-13-25-20-29(2,3)15-16-30(25,26)19-22-8-5-4-6-9-22/h4-10,12,14,17-18,25H,11,13,15-16,19-20H2,1-3H3,(H,32,33). The topological polar surface area (TPSA) is 42.0 Å². The summed E-state index contributed by atoms with van der Waals surface area (Å²) in [7, 11) is 0. The molecule has 0 spiro atoms. The molecule has 170 valence electrons. The Bertz CT molecular complexity index is 1170. The molecule has 2 unspecified atom stereocenters. The summed E-state index contributed by atoms with van der Waals surface area (Å²) in [5.41, 5.74) is 7.17. The van der Waals surface area contributed by atoms with Gasteiger partial charge in [-0.3, -0.25) is 9.78 Å². The van der Waals surface area contributed by atoms with Crippen LogP contribution < -0.4 is 5.32 Å². The lowest BCUT2D eigenvalue weighted by Gasteiger charge is -2.53. The molecule has 1 N–H and O–H groups in total. The van der Waals surface area contributed by atoms with Gasteiger partial charge in [-0.25, -0.2) is 0 Å². The number of aromatic nitrogens is 1. The number of rotatable bonds is 4. The number of carbonyl (C=O) groups excluding carboxylic acids is 1. The van der Waals surface area contributed by atoms with E-state index >= 15 is 0 Å². The molecule has 3 aromatic rings. The highest BCUT2D eigenvalue weighted by atomic mass is 16.1. The maximum atomic E-state index is 13.1. The Morgan fingerprint density at radius 1 is 1.06 bits per heavy atom. The van der Waals surface area contributed by atoms with Gasteiger partial charge in [0.05, 0.1) is 11.4 Å². The second-order valence-electron chi connectivity index (χ2n) is 10.9. The zero-order chi connectivity index (χ0) is 23.1. The third-order valence-corrected chi connectivity index (χ3v) is 8.11. The largest absolute Gasteiger partial charge is 0.320 e. The van der Waals surface area contributed by atoms with Crippen molar-refractivity contribution in [2.75, 3.05) is 5.32 Å². The fourth-order valence-electron chi connectivity index (χ4n) is 6.32. The van der Waals surface area contributed by atoms with Gasteiger partial charge in [0, 0.05) is 17.2 Å². The molecule has 2 aliphatic rings. The maximum absolute atomic E-state index is 13.1. The highest BCUT2D eigenvalue weighted by molar-refractivity contribution is 6.04. The van der Waals surface area contributed by atoms with Gasteiger partial charge in [0.25, 0.3) is 5.91 Å². The lowest BCUT2D eigenvalue weighted by molar-refractivity contribution is 0.0714. The van der Waals surface area contributed by atoms with Gasteiger partial charge in [-0.1, -0.05) is 50.2 Å². The van der Waals surface area contributed by atoms with Gasteiger partial charge in [0.1, 0.15) is 0 Å². The lowest BCUT2D eigenvalue weighted by Crippen LogP contribution is -2.47. The van der Waals surface area contributed by atoms with Gasteiger partial charge in [-0.2, -0.15) is 0 Å². The van der Waals surface area contributed by atoms with Gasteiger partial charge >= 0.3 is 0 Å². The summed E-state index contributed by atoms with van der Waals surface area (Å²) in [6.45, 7) is 6.78. The number of hydrogen-bond acceptors (Lipinski definition) is 2. The summed E-state index contributed by atoms with van der Waals surface area (Å²) in [6, 6.07) is 21.2. The minimum atomic E-state index is -0.0575. The van der Waals surface area contributed by atoms with E-state index in [1.807, 2.05) is 25.1 Å². The molecule has 1 saturated carbocycles. The van der Waals surface area contributed by atoms with Crippen molar-refractivity contribution >= 4 is 11.6 Å². The van der Waals surface area contributed by atoms with Crippen LogP contribution in [0, 0.1) is 18.3 Å². The molecule has 1 heterocycles. The van der Waals surface area contributed by atoms with Gasteiger partial charge in [-0.05, 0) is 97.7 Å². The van der Waals surface area contributed by atoms with Gasteiger partial charge in [-0.15, -0.1) is 0 Å². The molecule has 1 amide bonds. The summed E-state index contributed by atoms with van der Waals surface area (Å²) in [4.78, 5) is 17.3. The van der Waals surface area contributed by atoms with Crippen LogP contribution in [0.5, 0.6) is 0 Å². The highest BCUT2D eigenvalue weighted by Crippen LogP contribution is 2.56. The quantitative estimate of drug-likeness (QED) is 0.482. The number of anilines is 1. The molecule has 0 aliphatic heterocycles. The molecule has 1 aromatic heterocycles. The molecule has 2 aromatic carbocycles. The molecule has 2 atom stereocenters. The fraction of sp³-hybridized carbons (Fsp3) is 0.400. The average molecular weight is 439 g/mol. The fourth-order valence-corrected chi connectivity index (χ4v) is 6.32. The Kier molecular flexibility index (Phi) is 5.60. The van der Waals surface area contributed by atoms with Crippen LogP contribution in [-0.4, -0.2) is 10.9 Å². The molecule has 1 fully saturated rings. The minimum Gasteiger partial charge on any atom is -0.320 e. The monoisotopic (exact) mass is 438 g/mol. The zero-order valence-electron chi connectivity index (χ0n) is 20.0. The first-order valence-electron chi connectivity index (χ1n) is 12.3. The Balaban J connectivity index is 1.49. The number of amides is 1. The highest BCUT2D eigenvalue weighted by Gasteiger charge is 2.49. The molecule has 33 heavy (non-hydrogen) atoms. The summed E-state index contributed by atoms with van der Waals surface area (Å²) < 4.78 is 0. The van der Waals surface area contributed by atoms with Crippen LogP contribution >= 0.6 is 0 Å². The van der Waals surface area contributed by atoms with Crippen molar-refractivity contribution in [3.05, 3.63) is 94.8 Å². The van der Waals surface area contributed by atoms with Crippen molar-refractivity contribution in [1.82, 2.24) is 4.98 Å².